The Labute approximate surface area is 107 Å². The van der Waals surface area contributed by atoms with E-state index in [1.165, 1.54) is 12.1 Å². The maximum absolute atomic E-state index is 13.0. The summed E-state index contributed by atoms with van der Waals surface area (Å²) >= 11 is 0. The number of likely N-dealkylation sites (tertiary alicyclic amines) is 1. The zero-order valence-corrected chi connectivity index (χ0v) is 10.7. The predicted octanol–water partition coefficient (Wildman–Crippen LogP) is 1.53. The lowest BCUT2D eigenvalue weighted by molar-refractivity contribution is 0.185. The first-order valence-electron chi connectivity index (χ1n) is 6.47. The number of aliphatic hydroxyl groups is 1. The molecule has 0 spiro atoms. The van der Waals surface area contributed by atoms with Gasteiger partial charge in [-0.1, -0.05) is 12.1 Å². The van der Waals surface area contributed by atoms with E-state index in [4.69, 9.17) is 5.73 Å². The van der Waals surface area contributed by atoms with Crippen LogP contribution in [0.1, 0.15) is 24.9 Å². The molecule has 100 valence electrons. The van der Waals surface area contributed by atoms with Crippen LogP contribution in [0.2, 0.25) is 0 Å². The van der Waals surface area contributed by atoms with Crippen LogP contribution in [0.5, 0.6) is 0 Å². The molecular formula is C14H21FN2O. The topological polar surface area (TPSA) is 49.5 Å². The average molecular weight is 252 g/mol. The van der Waals surface area contributed by atoms with E-state index < -0.39 is 0 Å². The second-order valence-electron chi connectivity index (χ2n) is 5.19. The van der Waals surface area contributed by atoms with E-state index in [-0.39, 0.29) is 24.5 Å². The Morgan fingerprint density at radius 2 is 2.11 bits per heavy atom. The van der Waals surface area contributed by atoms with Crippen LogP contribution in [0.4, 0.5) is 4.39 Å². The van der Waals surface area contributed by atoms with Gasteiger partial charge in [0.05, 0.1) is 0 Å². The molecule has 1 aliphatic heterocycles. The first-order chi connectivity index (χ1) is 8.61. The summed E-state index contributed by atoms with van der Waals surface area (Å²) in [6.45, 7) is 4.00. The van der Waals surface area contributed by atoms with E-state index in [1.807, 2.05) is 6.92 Å². The maximum Gasteiger partial charge on any atom is 0.123 e. The molecule has 18 heavy (non-hydrogen) atoms. The van der Waals surface area contributed by atoms with Crippen molar-refractivity contribution in [3.05, 3.63) is 35.6 Å². The standard InChI is InChI=1S/C14H21FN2O/c1-10(16)14(12-2-4-13(15)5-3-12)17-7-6-11(8-17)9-18/h2-5,10-11,14,18H,6-9,16H2,1H3. The summed E-state index contributed by atoms with van der Waals surface area (Å²) < 4.78 is 13.0. The minimum atomic E-state index is -0.225. The Hall–Kier alpha value is -0.970. The van der Waals surface area contributed by atoms with Gasteiger partial charge in [-0.3, -0.25) is 4.90 Å². The van der Waals surface area contributed by atoms with Gasteiger partial charge in [0.15, 0.2) is 0 Å². The van der Waals surface area contributed by atoms with Crippen LogP contribution in [-0.4, -0.2) is 35.7 Å². The van der Waals surface area contributed by atoms with Crippen LogP contribution in [0.15, 0.2) is 24.3 Å². The molecule has 3 unspecified atom stereocenters. The number of rotatable bonds is 4. The van der Waals surface area contributed by atoms with Gasteiger partial charge in [-0.05, 0) is 43.5 Å². The van der Waals surface area contributed by atoms with E-state index in [1.54, 1.807) is 12.1 Å². The Morgan fingerprint density at radius 3 is 2.61 bits per heavy atom. The molecule has 1 heterocycles. The number of nitrogens with zero attached hydrogens (tertiary/aromatic N) is 1. The molecule has 0 saturated carbocycles. The molecule has 4 heteroatoms. The molecule has 1 fully saturated rings. The number of hydrogen-bond acceptors (Lipinski definition) is 3. The van der Waals surface area contributed by atoms with Gasteiger partial charge < -0.3 is 10.8 Å². The van der Waals surface area contributed by atoms with Crippen molar-refractivity contribution in [2.24, 2.45) is 11.7 Å². The molecule has 3 nitrogen and oxygen atoms in total. The summed E-state index contributed by atoms with van der Waals surface area (Å²) in [5.41, 5.74) is 7.12. The highest BCUT2D eigenvalue weighted by atomic mass is 19.1. The van der Waals surface area contributed by atoms with Crippen LogP contribution < -0.4 is 5.73 Å². The molecule has 2 rings (SSSR count). The molecule has 1 aromatic carbocycles. The summed E-state index contributed by atoms with van der Waals surface area (Å²) in [4.78, 5) is 2.29. The highest BCUT2D eigenvalue weighted by Gasteiger charge is 2.30. The molecule has 3 atom stereocenters. The zero-order chi connectivity index (χ0) is 13.1. The van der Waals surface area contributed by atoms with E-state index in [0.717, 1.165) is 25.1 Å². The Bertz CT molecular complexity index is 380. The van der Waals surface area contributed by atoms with Crippen LogP contribution >= 0.6 is 0 Å². The lowest BCUT2D eigenvalue weighted by Gasteiger charge is -2.31. The first-order valence-corrected chi connectivity index (χ1v) is 6.47. The second kappa shape index (κ2) is 5.78. The lowest BCUT2D eigenvalue weighted by Crippen LogP contribution is -2.38. The molecule has 0 radical (unpaired) electrons. The number of halogens is 1. The minimum Gasteiger partial charge on any atom is -0.396 e. The third-order valence-electron chi connectivity index (χ3n) is 3.68. The van der Waals surface area contributed by atoms with Crippen molar-refractivity contribution in [3.63, 3.8) is 0 Å². The highest BCUT2D eigenvalue weighted by molar-refractivity contribution is 5.21. The van der Waals surface area contributed by atoms with E-state index >= 15 is 0 Å². The van der Waals surface area contributed by atoms with Crippen molar-refractivity contribution in [2.45, 2.75) is 25.4 Å². The fourth-order valence-corrected chi connectivity index (χ4v) is 2.77. The monoisotopic (exact) mass is 252 g/mol. The number of aliphatic hydroxyl groups excluding tert-OH is 1. The summed E-state index contributed by atoms with van der Waals surface area (Å²) in [6, 6.07) is 6.63. The molecular weight excluding hydrogens is 231 g/mol. The van der Waals surface area contributed by atoms with Crippen molar-refractivity contribution >= 4 is 0 Å². The van der Waals surface area contributed by atoms with E-state index in [9.17, 15) is 9.50 Å². The van der Waals surface area contributed by atoms with Gasteiger partial charge in [0.1, 0.15) is 5.82 Å². The quantitative estimate of drug-likeness (QED) is 0.854. The van der Waals surface area contributed by atoms with Crippen LogP contribution in [0, 0.1) is 11.7 Å². The summed E-state index contributed by atoms with van der Waals surface area (Å²) in [6.07, 6.45) is 1.00. The lowest BCUT2D eigenvalue weighted by atomic mass is 9.99. The van der Waals surface area contributed by atoms with Gasteiger partial charge >= 0.3 is 0 Å². The van der Waals surface area contributed by atoms with Gasteiger partial charge in [0, 0.05) is 25.2 Å². The average Bonchev–Trinajstić information content (AvgIpc) is 2.80. The zero-order valence-electron chi connectivity index (χ0n) is 10.7. The van der Waals surface area contributed by atoms with Gasteiger partial charge in [-0.25, -0.2) is 4.39 Å². The summed E-state index contributed by atoms with van der Waals surface area (Å²) in [7, 11) is 0. The van der Waals surface area contributed by atoms with Crippen molar-refractivity contribution in [3.8, 4) is 0 Å². The molecule has 0 bridgehead atoms. The van der Waals surface area contributed by atoms with Crippen LogP contribution in [-0.2, 0) is 0 Å². The minimum absolute atomic E-state index is 0.0205. The number of benzene rings is 1. The Morgan fingerprint density at radius 1 is 1.44 bits per heavy atom. The molecule has 3 N–H and O–H groups in total. The van der Waals surface area contributed by atoms with Crippen molar-refractivity contribution in [1.29, 1.82) is 0 Å². The van der Waals surface area contributed by atoms with Gasteiger partial charge in [0.2, 0.25) is 0 Å². The van der Waals surface area contributed by atoms with Gasteiger partial charge in [-0.15, -0.1) is 0 Å². The largest absolute Gasteiger partial charge is 0.396 e. The fourth-order valence-electron chi connectivity index (χ4n) is 2.77. The van der Waals surface area contributed by atoms with Crippen molar-refractivity contribution in [1.82, 2.24) is 4.90 Å². The summed E-state index contributed by atoms with van der Waals surface area (Å²) in [5, 5.41) is 9.20. The van der Waals surface area contributed by atoms with Crippen LogP contribution in [0.3, 0.4) is 0 Å². The Kier molecular flexibility index (Phi) is 4.32. The maximum atomic E-state index is 13.0. The highest BCUT2D eigenvalue weighted by Crippen LogP contribution is 2.29. The molecule has 1 aromatic rings. The normalized spacial score (nSPS) is 24.1. The second-order valence-corrected chi connectivity index (χ2v) is 5.19. The molecule has 1 aliphatic rings. The third-order valence-corrected chi connectivity index (χ3v) is 3.68. The van der Waals surface area contributed by atoms with Crippen molar-refractivity contribution < 1.29 is 9.50 Å². The molecule has 0 amide bonds. The fraction of sp³-hybridized carbons (Fsp3) is 0.571. The van der Waals surface area contributed by atoms with Gasteiger partial charge in [0.25, 0.3) is 0 Å². The van der Waals surface area contributed by atoms with Crippen LogP contribution in [0.25, 0.3) is 0 Å². The number of hydrogen-bond donors (Lipinski definition) is 2. The van der Waals surface area contributed by atoms with E-state index in [0.29, 0.717) is 5.92 Å². The SMILES string of the molecule is CC(N)C(c1ccc(F)cc1)N1CCC(CO)C1. The molecule has 1 saturated heterocycles. The predicted molar refractivity (Wildman–Crippen MR) is 69.6 cm³/mol. The van der Waals surface area contributed by atoms with E-state index in [2.05, 4.69) is 4.90 Å². The Balaban J connectivity index is 2.16. The van der Waals surface area contributed by atoms with Crippen molar-refractivity contribution in [2.75, 3.05) is 19.7 Å². The third kappa shape index (κ3) is 2.88. The smallest absolute Gasteiger partial charge is 0.123 e. The first kappa shape index (κ1) is 13.5. The summed E-state index contributed by atoms with van der Waals surface area (Å²) in [5.74, 6) is 0.114. The molecule has 0 aromatic heterocycles. The molecule has 0 aliphatic carbocycles. The number of nitrogens with two attached hydrogens (primary N) is 1. The van der Waals surface area contributed by atoms with Gasteiger partial charge in [-0.2, -0.15) is 0 Å².